The number of ether oxygens (including phenoxy) is 1. The Labute approximate surface area is 189 Å². The van der Waals surface area contributed by atoms with Gasteiger partial charge in [0.1, 0.15) is 11.3 Å². The zero-order valence-corrected chi connectivity index (χ0v) is 18.4. The molecule has 4 rings (SSSR count). The van der Waals surface area contributed by atoms with Crippen LogP contribution in [0.2, 0.25) is 5.02 Å². The summed E-state index contributed by atoms with van der Waals surface area (Å²) in [6, 6.07) is 17.9. The van der Waals surface area contributed by atoms with E-state index in [4.69, 9.17) is 22.1 Å². The number of pyridine rings is 1. The average Bonchev–Trinajstić information content (AvgIpc) is 2.76. The van der Waals surface area contributed by atoms with Crippen LogP contribution in [0.3, 0.4) is 0 Å². The number of carbonyl (C=O) groups is 1. The molecule has 31 heavy (non-hydrogen) atoms. The number of halogens is 1. The zero-order valence-electron chi connectivity index (χ0n) is 16.8. The first-order chi connectivity index (χ1) is 14.9. The number of aliphatic imine (C=N–C) groups is 1. The van der Waals surface area contributed by atoms with Gasteiger partial charge in [-0.1, -0.05) is 35.5 Å². The van der Waals surface area contributed by atoms with E-state index >= 15 is 0 Å². The Morgan fingerprint density at radius 2 is 2.00 bits per heavy atom. The minimum atomic E-state index is -0.409. The van der Waals surface area contributed by atoms with Crippen LogP contribution < -0.4 is 15.8 Å². The van der Waals surface area contributed by atoms with E-state index in [1.54, 1.807) is 54.4 Å². The molecule has 6 nitrogen and oxygen atoms in total. The van der Waals surface area contributed by atoms with Gasteiger partial charge in [-0.3, -0.25) is 9.79 Å². The van der Waals surface area contributed by atoms with Crippen molar-refractivity contribution >= 4 is 40.1 Å². The van der Waals surface area contributed by atoms with Crippen molar-refractivity contribution in [3.63, 3.8) is 0 Å². The highest BCUT2D eigenvalue weighted by atomic mass is 35.5. The first-order valence-electron chi connectivity index (χ1n) is 9.71. The van der Waals surface area contributed by atoms with Gasteiger partial charge >= 0.3 is 0 Å². The van der Waals surface area contributed by atoms with E-state index in [1.165, 1.54) is 0 Å². The lowest BCUT2D eigenvalue weighted by molar-refractivity contribution is 0.102. The van der Waals surface area contributed by atoms with Crippen molar-refractivity contribution in [1.29, 1.82) is 0 Å². The summed E-state index contributed by atoms with van der Waals surface area (Å²) in [6.07, 6.45) is 2.45. The van der Waals surface area contributed by atoms with Crippen molar-refractivity contribution in [2.45, 2.75) is 18.9 Å². The Morgan fingerprint density at radius 3 is 2.77 bits per heavy atom. The third kappa shape index (κ3) is 5.00. The smallest absolute Gasteiger partial charge is 0.261 e. The number of hydrogen-bond donors (Lipinski definition) is 2. The van der Waals surface area contributed by atoms with Gasteiger partial charge in [-0.25, -0.2) is 4.98 Å². The largest absolute Gasteiger partial charge is 0.438 e. The number of aromatic nitrogens is 1. The molecule has 3 aromatic rings. The maximum absolute atomic E-state index is 13.0. The number of rotatable bonds is 5. The second-order valence-electron chi connectivity index (χ2n) is 7.27. The summed E-state index contributed by atoms with van der Waals surface area (Å²) >= 11 is 7.48. The van der Waals surface area contributed by atoms with Crippen molar-refractivity contribution < 1.29 is 9.53 Å². The van der Waals surface area contributed by atoms with E-state index in [0.29, 0.717) is 27.2 Å². The van der Waals surface area contributed by atoms with Crippen LogP contribution in [0.4, 0.5) is 5.69 Å². The molecule has 1 atom stereocenters. The summed E-state index contributed by atoms with van der Waals surface area (Å²) < 4.78 is 5.81. The summed E-state index contributed by atoms with van der Waals surface area (Å²) in [5.41, 5.74) is 7.52. The topological polar surface area (TPSA) is 89.6 Å². The number of anilines is 1. The number of nitrogens with two attached hydrogens (primary N) is 1. The predicted molar refractivity (Wildman–Crippen MR) is 126 cm³/mol. The zero-order chi connectivity index (χ0) is 21.8. The number of nitrogens with one attached hydrogen (secondary N) is 1. The molecule has 3 N–H and O–H groups in total. The summed E-state index contributed by atoms with van der Waals surface area (Å²) in [4.78, 5) is 21.9. The molecule has 0 bridgehead atoms. The predicted octanol–water partition coefficient (Wildman–Crippen LogP) is 5.45. The monoisotopic (exact) mass is 452 g/mol. The lowest BCUT2D eigenvalue weighted by Crippen LogP contribution is -2.28. The molecular weight excluding hydrogens is 432 g/mol. The Balaban J connectivity index is 1.55. The highest BCUT2D eigenvalue weighted by Gasteiger charge is 2.29. The van der Waals surface area contributed by atoms with Crippen LogP contribution in [-0.4, -0.2) is 21.8 Å². The molecule has 1 unspecified atom stereocenters. The number of benzene rings is 2. The fraction of sp³-hybridized carbons (Fsp3) is 0.174. The molecule has 1 aliphatic heterocycles. The van der Waals surface area contributed by atoms with Gasteiger partial charge in [0.15, 0.2) is 5.17 Å². The van der Waals surface area contributed by atoms with Crippen LogP contribution in [0.5, 0.6) is 11.6 Å². The van der Waals surface area contributed by atoms with Crippen LogP contribution in [0.15, 0.2) is 71.9 Å². The highest BCUT2D eigenvalue weighted by Crippen LogP contribution is 2.36. The second kappa shape index (κ2) is 8.99. The number of amides is 1. The first kappa shape index (κ1) is 21.2. The molecule has 8 heteroatoms. The summed E-state index contributed by atoms with van der Waals surface area (Å²) in [7, 11) is 0. The van der Waals surface area contributed by atoms with Crippen LogP contribution in [0.1, 0.15) is 29.3 Å². The molecule has 158 valence electrons. The van der Waals surface area contributed by atoms with Gasteiger partial charge in [0.25, 0.3) is 5.91 Å². The van der Waals surface area contributed by atoms with E-state index in [9.17, 15) is 4.79 Å². The van der Waals surface area contributed by atoms with Crippen LogP contribution in [0.25, 0.3) is 0 Å². The van der Waals surface area contributed by atoms with Crippen molar-refractivity contribution in [3.05, 3.63) is 83.0 Å². The van der Waals surface area contributed by atoms with Gasteiger partial charge in [0, 0.05) is 22.7 Å². The molecule has 0 radical (unpaired) electrons. The van der Waals surface area contributed by atoms with Crippen molar-refractivity contribution in [2.24, 2.45) is 10.7 Å². The summed E-state index contributed by atoms with van der Waals surface area (Å²) in [5.74, 6) is 1.34. The van der Waals surface area contributed by atoms with Gasteiger partial charge in [-0.2, -0.15) is 0 Å². The standard InChI is InChI=1S/C23H21ClN4O2S/c1-23(11-13-31-22(25)28-23)15-4-2-5-17(14-15)27-20(29)19-6-3-12-26-21(19)30-18-9-7-16(24)8-10-18/h2-10,12,14H,11,13H2,1H3,(H2,25,28)(H,27,29). The number of amidine groups is 1. The Morgan fingerprint density at radius 1 is 1.19 bits per heavy atom. The highest BCUT2D eigenvalue weighted by molar-refractivity contribution is 8.13. The molecule has 0 saturated carbocycles. The minimum absolute atomic E-state index is 0.215. The normalized spacial score (nSPS) is 18.2. The lowest BCUT2D eigenvalue weighted by Gasteiger charge is -2.30. The fourth-order valence-corrected chi connectivity index (χ4v) is 4.38. The van der Waals surface area contributed by atoms with E-state index < -0.39 is 5.54 Å². The Hall–Kier alpha value is -3.03. The molecule has 2 heterocycles. The van der Waals surface area contributed by atoms with Gasteiger partial charge in [-0.05, 0) is 67.4 Å². The number of thioether (sulfide) groups is 1. The van der Waals surface area contributed by atoms with Gasteiger partial charge in [-0.15, -0.1) is 0 Å². The first-order valence-corrected chi connectivity index (χ1v) is 11.1. The van der Waals surface area contributed by atoms with E-state index in [-0.39, 0.29) is 11.8 Å². The van der Waals surface area contributed by atoms with Crippen LogP contribution in [0, 0.1) is 0 Å². The summed E-state index contributed by atoms with van der Waals surface area (Å²) in [5, 5.41) is 4.12. The van der Waals surface area contributed by atoms with Crippen molar-refractivity contribution in [1.82, 2.24) is 4.98 Å². The molecular formula is C23H21ClN4O2S. The lowest BCUT2D eigenvalue weighted by atomic mass is 9.89. The number of hydrogen-bond acceptors (Lipinski definition) is 6. The van der Waals surface area contributed by atoms with E-state index in [1.807, 2.05) is 24.3 Å². The Bertz CT molecular complexity index is 1140. The van der Waals surface area contributed by atoms with Gasteiger partial charge in [0.2, 0.25) is 5.88 Å². The SMILES string of the molecule is CC1(c2cccc(NC(=O)c3cccnc3Oc3ccc(Cl)cc3)c2)CCSC(N)=N1. The molecule has 0 spiro atoms. The molecule has 2 aromatic carbocycles. The van der Waals surface area contributed by atoms with Gasteiger partial charge in [0.05, 0.1) is 5.54 Å². The Kier molecular flexibility index (Phi) is 6.15. The minimum Gasteiger partial charge on any atom is -0.438 e. The van der Waals surface area contributed by atoms with Crippen molar-refractivity contribution in [3.8, 4) is 11.6 Å². The number of nitrogens with zero attached hydrogens (tertiary/aromatic N) is 2. The second-order valence-corrected chi connectivity index (χ2v) is 8.82. The quantitative estimate of drug-likeness (QED) is 0.537. The third-order valence-corrected chi connectivity index (χ3v) is 6.03. The maximum Gasteiger partial charge on any atom is 0.261 e. The summed E-state index contributed by atoms with van der Waals surface area (Å²) in [6.45, 7) is 2.06. The molecule has 1 aromatic heterocycles. The molecule has 1 amide bonds. The van der Waals surface area contributed by atoms with Crippen LogP contribution >= 0.6 is 23.4 Å². The third-order valence-electron chi connectivity index (χ3n) is 4.98. The molecule has 0 aliphatic carbocycles. The maximum atomic E-state index is 13.0. The van der Waals surface area contributed by atoms with E-state index in [0.717, 1.165) is 17.7 Å². The number of carbonyl (C=O) groups excluding carboxylic acids is 1. The molecule has 0 saturated heterocycles. The van der Waals surface area contributed by atoms with Gasteiger partial charge < -0.3 is 15.8 Å². The molecule has 1 aliphatic rings. The van der Waals surface area contributed by atoms with Crippen LogP contribution in [-0.2, 0) is 5.54 Å². The molecule has 0 fully saturated rings. The van der Waals surface area contributed by atoms with E-state index in [2.05, 4.69) is 22.2 Å². The average molecular weight is 453 g/mol. The van der Waals surface area contributed by atoms with Crippen molar-refractivity contribution in [2.75, 3.05) is 11.1 Å². The fourth-order valence-electron chi connectivity index (χ4n) is 3.28.